The van der Waals surface area contributed by atoms with Crippen LogP contribution in [0.4, 0.5) is 5.69 Å². The average Bonchev–Trinajstić information content (AvgIpc) is 2.87. The summed E-state index contributed by atoms with van der Waals surface area (Å²) in [6.07, 6.45) is 1.47. The number of thiocarbonyl (C=S) groups is 1. The predicted molar refractivity (Wildman–Crippen MR) is 143 cm³/mol. The minimum Gasteiger partial charge on any atom is -0.497 e. The Kier molecular flexibility index (Phi) is 7.79. The number of methoxy groups -OCH3 is 2. The molecule has 4 rings (SSSR count). The lowest BCUT2D eigenvalue weighted by Crippen LogP contribution is -2.54. The summed E-state index contributed by atoms with van der Waals surface area (Å²) in [6.45, 7) is 0.239. The summed E-state index contributed by atoms with van der Waals surface area (Å²) in [5.74, 6) is 0.394. The Morgan fingerprint density at radius 3 is 2.33 bits per heavy atom. The highest BCUT2D eigenvalue weighted by Crippen LogP contribution is 2.31. The van der Waals surface area contributed by atoms with E-state index in [0.29, 0.717) is 38.5 Å². The molecule has 3 aromatic carbocycles. The molecule has 0 aromatic heterocycles. The van der Waals surface area contributed by atoms with Crippen molar-refractivity contribution >= 4 is 64.1 Å². The highest BCUT2D eigenvalue weighted by atomic mass is 35.5. The van der Waals surface area contributed by atoms with Crippen molar-refractivity contribution in [3.05, 3.63) is 87.4 Å². The van der Waals surface area contributed by atoms with Gasteiger partial charge in [0.1, 0.15) is 17.9 Å². The van der Waals surface area contributed by atoms with Gasteiger partial charge in [0.2, 0.25) is 0 Å². The van der Waals surface area contributed by atoms with Gasteiger partial charge in [0, 0.05) is 0 Å². The van der Waals surface area contributed by atoms with Gasteiger partial charge in [-0.15, -0.1) is 0 Å². The lowest BCUT2D eigenvalue weighted by atomic mass is 10.1. The van der Waals surface area contributed by atoms with Crippen LogP contribution in [0.1, 0.15) is 11.1 Å². The summed E-state index contributed by atoms with van der Waals surface area (Å²) >= 11 is 17.3. The number of halogens is 2. The number of ether oxygens (including phenoxy) is 3. The number of amides is 2. The molecule has 0 aliphatic carbocycles. The minimum absolute atomic E-state index is 0.00375. The molecular weight excluding hydrogens is 523 g/mol. The van der Waals surface area contributed by atoms with Crippen LogP contribution in [0, 0.1) is 0 Å². The molecule has 0 unspecified atom stereocenters. The van der Waals surface area contributed by atoms with Crippen LogP contribution in [-0.4, -0.2) is 31.1 Å². The molecule has 7 nitrogen and oxygen atoms in total. The van der Waals surface area contributed by atoms with E-state index >= 15 is 0 Å². The molecular formula is C26H20Cl2N2O5S. The maximum absolute atomic E-state index is 13.2. The van der Waals surface area contributed by atoms with Gasteiger partial charge in [-0.1, -0.05) is 35.3 Å². The van der Waals surface area contributed by atoms with Gasteiger partial charge >= 0.3 is 0 Å². The quantitative estimate of drug-likeness (QED) is 0.244. The second kappa shape index (κ2) is 11.0. The standard InChI is InChI=1S/C26H20Cl2N2O5S/c1-33-18-7-5-17(6-8-18)30-25(32)19(24(31)29-26(30)36)11-15-4-10-22(23(13-15)34-2)35-14-16-3-9-20(27)21(28)12-16/h3-13H,14H2,1-2H3,(H,29,31,36)/b19-11+. The molecule has 1 fully saturated rings. The van der Waals surface area contributed by atoms with E-state index in [1.165, 1.54) is 18.1 Å². The van der Waals surface area contributed by atoms with Crippen molar-refractivity contribution in [2.45, 2.75) is 6.61 Å². The number of carbonyl (C=O) groups is 2. The molecule has 10 heteroatoms. The van der Waals surface area contributed by atoms with E-state index in [1.54, 1.807) is 61.7 Å². The Balaban J connectivity index is 1.57. The van der Waals surface area contributed by atoms with Gasteiger partial charge < -0.3 is 14.2 Å². The molecule has 1 heterocycles. The number of nitrogens with one attached hydrogen (secondary N) is 1. The molecule has 0 saturated carbocycles. The number of rotatable bonds is 7. The van der Waals surface area contributed by atoms with E-state index in [0.717, 1.165) is 5.56 Å². The molecule has 184 valence electrons. The van der Waals surface area contributed by atoms with Crippen LogP contribution in [0.15, 0.2) is 66.2 Å². The fraction of sp³-hybridized carbons (Fsp3) is 0.115. The van der Waals surface area contributed by atoms with Gasteiger partial charge in [-0.3, -0.25) is 19.8 Å². The third-order valence-electron chi connectivity index (χ3n) is 5.31. The molecule has 0 radical (unpaired) electrons. The van der Waals surface area contributed by atoms with Crippen molar-refractivity contribution in [1.29, 1.82) is 0 Å². The van der Waals surface area contributed by atoms with Gasteiger partial charge in [0.25, 0.3) is 11.8 Å². The Morgan fingerprint density at radius 1 is 0.917 bits per heavy atom. The van der Waals surface area contributed by atoms with Crippen molar-refractivity contribution < 1.29 is 23.8 Å². The maximum Gasteiger partial charge on any atom is 0.270 e. The molecule has 1 N–H and O–H groups in total. The maximum atomic E-state index is 13.2. The van der Waals surface area contributed by atoms with Crippen molar-refractivity contribution in [3.8, 4) is 17.2 Å². The Labute approximate surface area is 223 Å². The third-order valence-corrected chi connectivity index (χ3v) is 6.33. The second-order valence-corrected chi connectivity index (χ2v) is 8.80. The average molecular weight is 543 g/mol. The van der Waals surface area contributed by atoms with Crippen LogP contribution in [0.5, 0.6) is 17.2 Å². The number of hydrogen-bond acceptors (Lipinski definition) is 6. The molecule has 1 aliphatic rings. The van der Waals surface area contributed by atoms with Crippen LogP contribution in [0.3, 0.4) is 0 Å². The zero-order chi connectivity index (χ0) is 25.8. The largest absolute Gasteiger partial charge is 0.497 e. The van der Waals surface area contributed by atoms with E-state index in [2.05, 4.69) is 5.32 Å². The number of hydrogen-bond donors (Lipinski definition) is 1. The summed E-state index contributed by atoms with van der Waals surface area (Å²) in [4.78, 5) is 27.1. The van der Waals surface area contributed by atoms with Crippen molar-refractivity contribution in [1.82, 2.24) is 5.32 Å². The molecule has 1 aliphatic heterocycles. The monoisotopic (exact) mass is 542 g/mol. The molecule has 2 amide bonds. The first-order chi connectivity index (χ1) is 17.3. The van der Waals surface area contributed by atoms with E-state index < -0.39 is 11.8 Å². The zero-order valence-corrected chi connectivity index (χ0v) is 21.5. The van der Waals surface area contributed by atoms with Gasteiger partial charge in [-0.2, -0.15) is 0 Å². The molecule has 0 bridgehead atoms. The Bertz CT molecular complexity index is 1380. The molecule has 0 atom stereocenters. The highest BCUT2D eigenvalue weighted by Gasteiger charge is 2.34. The summed E-state index contributed by atoms with van der Waals surface area (Å²) in [5.41, 5.74) is 1.82. The highest BCUT2D eigenvalue weighted by molar-refractivity contribution is 7.80. The van der Waals surface area contributed by atoms with Crippen LogP contribution in [0.2, 0.25) is 10.0 Å². The predicted octanol–water partition coefficient (Wildman–Crippen LogP) is 5.42. The Morgan fingerprint density at radius 2 is 1.67 bits per heavy atom. The first kappa shape index (κ1) is 25.5. The van der Waals surface area contributed by atoms with E-state index in [4.69, 9.17) is 49.6 Å². The lowest BCUT2D eigenvalue weighted by molar-refractivity contribution is -0.122. The van der Waals surface area contributed by atoms with Crippen LogP contribution in [-0.2, 0) is 16.2 Å². The zero-order valence-electron chi connectivity index (χ0n) is 19.2. The van der Waals surface area contributed by atoms with Crippen molar-refractivity contribution in [3.63, 3.8) is 0 Å². The normalized spacial score (nSPS) is 14.6. The number of carbonyl (C=O) groups excluding carboxylic acids is 2. The second-order valence-electron chi connectivity index (χ2n) is 7.60. The van der Waals surface area contributed by atoms with Crippen molar-refractivity contribution in [2.75, 3.05) is 19.1 Å². The first-order valence-electron chi connectivity index (χ1n) is 10.6. The number of nitrogens with zero attached hydrogens (tertiary/aromatic N) is 1. The minimum atomic E-state index is -0.589. The van der Waals surface area contributed by atoms with Gasteiger partial charge in [0.05, 0.1) is 30.0 Å². The smallest absolute Gasteiger partial charge is 0.270 e. The number of benzene rings is 3. The fourth-order valence-corrected chi connectivity index (χ4v) is 4.08. The number of anilines is 1. The summed E-state index contributed by atoms with van der Waals surface area (Å²) < 4.78 is 16.5. The summed E-state index contributed by atoms with van der Waals surface area (Å²) in [5, 5.41) is 3.46. The van der Waals surface area contributed by atoms with Crippen molar-refractivity contribution in [2.24, 2.45) is 0 Å². The van der Waals surface area contributed by atoms with Gasteiger partial charge in [-0.05, 0) is 78.0 Å². The van der Waals surface area contributed by atoms with Crippen LogP contribution >= 0.6 is 35.4 Å². The van der Waals surface area contributed by atoms with Gasteiger partial charge in [0.15, 0.2) is 16.6 Å². The first-order valence-corrected chi connectivity index (χ1v) is 11.8. The molecule has 36 heavy (non-hydrogen) atoms. The summed E-state index contributed by atoms with van der Waals surface area (Å²) in [7, 11) is 3.05. The lowest BCUT2D eigenvalue weighted by Gasteiger charge is -2.29. The Hall–Kier alpha value is -3.59. The van der Waals surface area contributed by atoms with Crippen LogP contribution in [0.25, 0.3) is 6.08 Å². The fourth-order valence-electron chi connectivity index (χ4n) is 3.47. The van der Waals surface area contributed by atoms with Crippen LogP contribution < -0.4 is 24.4 Å². The topological polar surface area (TPSA) is 77.1 Å². The van der Waals surface area contributed by atoms with E-state index in [1.807, 2.05) is 6.07 Å². The molecule has 0 spiro atoms. The molecule has 3 aromatic rings. The van der Waals surface area contributed by atoms with E-state index in [-0.39, 0.29) is 17.3 Å². The summed E-state index contributed by atoms with van der Waals surface area (Å²) in [6, 6.07) is 17.1. The third kappa shape index (κ3) is 5.46. The SMILES string of the molecule is COc1ccc(N2C(=O)/C(=C/c3ccc(OCc4ccc(Cl)c(Cl)c4)c(OC)c3)C(=O)NC2=S)cc1. The molecule has 1 saturated heterocycles. The van der Waals surface area contributed by atoms with Gasteiger partial charge in [-0.25, -0.2) is 0 Å². The van der Waals surface area contributed by atoms with E-state index in [9.17, 15) is 9.59 Å².